The number of nitrogens with one attached hydrogen (secondary N) is 1. The van der Waals surface area contributed by atoms with Crippen LogP contribution in [0.1, 0.15) is 29.3 Å². The summed E-state index contributed by atoms with van der Waals surface area (Å²) in [5, 5.41) is 2.75. The Bertz CT molecular complexity index is 1080. The zero-order chi connectivity index (χ0) is 23.1. The molecule has 2 aromatic rings. The van der Waals surface area contributed by atoms with Gasteiger partial charge in [0.2, 0.25) is 15.9 Å². The van der Waals surface area contributed by atoms with Crippen molar-refractivity contribution in [2.45, 2.75) is 24.7 Å². The van der Waals surface area contributed by atoms with Gasteiger partial charge < -0.3 is 20.5 Å². The number of carbonyl (C=O) groups is 2. The van der Waals surface area contributed by atoms with Gasteiger partial charge in [0.1, 0.15) is 5.75 Å². The SMILES string of the molecule is CCc1ccc(C(=O)Nc2ccccc2OCCC(N)=O)cc1S(=O)(=O)N1CCOCC1. The van der Waals surface area contributed by atoms with Crippen molar-refractivity contribution in [2.75, 3.05) is 38.2 Å². The van der Waals surface area contributed by atoms with E-state index in [2.05, 4.69) is 5.32 Å². The molecule has 1 fully saturated rings. The molecule has 1 aliphatic heterocycles. The van der Waals surface area contributed by atoms with E-state index in [-0.39, 0.29) is 36.6 Å². The van der Waals surface area contributed by atoms with Crippen LogP contribution in [0.2, 0.25) is 0 Å². The molecule has 9 nitrogen and oxygen atoms in total. The van der Waals surface area contributed by atoms with E-state index < -0.39 is 21.8 Å². The number of para-hydroxylation sites is 2. The molecule has 1 aliphatic rings. The fourth-order valence-corrected chi connectivity index (χ4v) is 5.03. The minimum Gasteiger partial charge on any atom is -0.491 e. The molecule has 0 aromatic heterocycles. The number of rotatable bonds is 9. The first kappa shape index (κ1) is 23.7. The molecular weight excluding hydrogens is 434 g/mol. The fourth-order valence-electron chi connectivity index (χ4n) is 3.31. The highest BCUT2D eigenvalue weighted by atomic mass is 32.2. The summed E-state index contributed by atoms with van der Waals surface area (Å²) < 4.78 is 38.6. The van der Waals surface area contributed by atoms with Gasteiger partial charge in [-0.3, -0.25) is 9.59 Å². The van der Waals surface area contributed by atoms with Crippen molar-refractivity contribution in [1.29, 1.82) is 0 Å². The summed E-state index contributed by atoms with van der Waals surface area (Å²) in [5.41, 5.74) is 6.38. The summed E-state index contributed by atoms with van der Waals surface area (Å²) in [6, 6.07) is 11.5. The van der Waals surface area contributed by atoms with Gasteiger partial charge in [-0.15, -0.1) is 0 Å². The molecule has 172 valence electrons. The van der Waals surface area contributed by atoms with Crippen molar-refractivity contribution in [3.05, 3.63) is 53.6 Å². The maximum absolute atomic E-state index is 13.2. The Hall–Kier alpha value is -2.95. The maximum Gasteiger partial charge on any atom is 0.255 e. The lowest BCUT2D eigenvalue weighted by molar-refractivity contribution is -0.118. The van der Waals surface area contributed by atoms with Gasteiger partial charge in [-0.1, -0.05) is 25.1 Å². The molecule has 0 radical (unpaired) electrons. The van der Waals surface area contributed by atoms with Gasteiger partial charge in [-0.05, 0) is 36.2 Å². The van der Waals surface area contributed by atoms with Crippen LogP contribution in [0.4, 0.5) is 5.69 Å². The Morgan fingerprint density at radius 1 is 1.16 bits per heavy atom. The number of amides is 2. The molecule has 0 saturated carbocycles. The first-order valence-electron chi connectivity index (χ1n) is 10.3. The number of hydrogen-bond donors (Lipinski definition) is 2. The average Bonchev–Trinajstić information content (AvgIpc) is 2.80. The average molecular weight is 462 g/mol. The number of benzene rings is 2. The summed E-state index contributed by atoms with van der Waals surface area (Å²) in [5.74, 6) is -0.581. The molecule has 1 heterocycles. The van der Waals surface area contributed by atoms with Gasteiger partial charge >= 0.3 is 0 Å². The van der Waals surface area contributed by atoms with E-state index in [1.165, 1.54) is 10.4 Å². The van der Waals surface area contributed by atoms with Crippen molar-refractivity contribution in [2.24, 2.45) is 5.73 Å². The number of sulfonamides is 1. The monoisotopic (exact) mass is 461 g/mol. The van der Waals surface area contributed by atoms with Gasteiger partial charge in [0.25, 0.3) is 5.91 Å². The molecular formula is C22H27N3O6S. The largest absolute Gasteiger partial charge is 0.491 e. The molecule has 2 aromatic carbocycles. The zero-order valence-corrected chi connectivity index (χ0v) is 18.7. The summed E-state index contributed by atoms with van der Waals surface area (Å²) >= 11 is 0. The van der Waals surface area contributed by atoms with E-state index in [0.717, 1.165) is 0 Å². The normalized spacial score (nSPS) is 14.7. The molecule has 0 spiro atoms. The number of carbonyl (C=O) groups excluding carboxylic acids is 2. The third kappa shape index (κ3) is 5.64. The number of aryl methyl sites for hydroxylation is 1. The number of anilines is 1. The van der Waals surface area contributed by atoms with E-state index in [0.29, 0.717) is 36.6 Å². The molecule has 0 unspecified atom stereocenters. The van der Waals surface area contributed by atoms with E-state index in [1.54, 1.807) is 36.4 Å². The standard InChI is InChI=1S/C22H27N3O6S/c1-2-16-7-8-17(15-20(16)32(28,29)25-10-13-30-14-11-25)22(27)24-18-5-3-4-6-19(18)31-12-9-21(23)26/h3-8,15H,2,9-14H2,1H3,(H2,23,26)(H,24,27). The zero-order valence-electron chi connectivity index (χ0n) is 17.9. The van der Waals surface area contributed by atoms with Gasteiger partial charge in [0, 0.05) is 18.7 Å². The van der Waals surface area contributed by atoms with Crippen LogP contribution in [0.25, 0.3) is 0 Å². The highest BCUT2D eigenvalue weighted by Crippen LogP contribution is 2.27. The van der Waals surface area contributed by atoms with Crippen molar-refractivity contribution >= 4 is 27.5 Å². The lowest BCUT2D eigenvalue weighted by Gasteiger charge is -2.27. The van der Waals surface area contributed by atoms with Crippen LogP contribution in [0.3, 0.4) is 0 Å². The Morgan fingerprint density at radius 2 is 1.88 bits per heavy atom. The van der Waals surface area contributed by atoms with Crippen molar-refractivity contribution in [3.8, 4) is 5.75 Å². The van der Waals surface area contributed by atoms with E-state index >= 15 is 0 Å². The van der Waals surface area contributed by atoms with Crippen molar-refractivity contribution < 1.29 is 27.5 Å². The molecule has 3 rings (SSSR count). The molecule has 3 N–H and O–H groups in total. The number of morpholine rings is 1. The van der Waals surface area contributed by atoms with Gasteiger partial charge in [-0.25, -0.2) is 8.42 Å². The second-order valence-electron chi connectivity index (χ2n) is 7.21. The molecule has 1 saturated heterocycles. The minimum absolute atomic E-state index is 0.0452. The topological polar surface area (TPSA) is 128 Å². The predicted octanol–water partition coefficient (Wildman–Crippen LogP) is 1.78. The number of nitrogens with two attached hydrogens (primary N) is 1. The third-order valence-electron chi connectivity index (χ3n) is 5.04. The van der Waals surface area contributed by atoms with Gasteiger partial charge in [0.05, 0.1) is 36.8 Å². The molecule has 10 heteroatoms. The van der Waals surface area contributed by atoms with Crippen LogP contribution in [-0.4, -0.2) is 57.4 Å². The van der Waals surface area contributed by atoms with Crippen LogP contribution in [0.5, 0.6) is 5.75 Å². The highest BCUT2D eigenvalue weighted by Gasteiger charge is 2.29. The summed E-state index contributed by atoms with van der Waals surface area (Å²) in [6.07, 6.45) is 0.556. The fraction of sp³-hybridized carbons (Fsp3) is 0.364. The number of ether oxygens (including phenoxy) is 2. The maximum atomic E-state index is 13.2. The number of primary amides is 1. The smallest absolute Gasteiger partial charge is 0.255 e. The predicted molar refractivity (Wildman–Crippen MR) is 119 cm³/mol. The minimum atomic E-state index is -3.76. The van der Waals surface area contributed by atoms with E-state index in [9.17, 15) is 18.0 Å². The van der Waals surface area contributed by atoms with Crippen molar-refractivity contribution in [1.82, 2.24) is 4.31 Å². The van der Waals surface area contributed by atoms with Crippen LogP contribution in [-0.2, 0) is 26.0 Å². The molecule has 0 aliphatic carbocycles. The molecule has 2 amide bonds. The second-order valence-corrected chi connectivity index (χ2v) is 9.11. The summed E-state index contributed by atoms with van der Waals surface area (Å²) in [6.45, 7) is 3.18. The lowest BCUT2D eigenvalue weighted by Crippen LogP contribution is -2.41. The van der Waals surface area contributed by atoms with Crippen LogP contribution < -0.4 is 15.8 Å². The van der Waals surface area contributed by atoms with Gasteiger partial charge in [-0.2, -0.15) is 4.31 Å². The van der Waals surface area contributed by atoms with Gasteiger partial charge in [0.15, 0.2) is 0 Å². The summed E-state index contributed by atoms with van der Waals surface area (Å²) in [7, 11) is -3.76. The number of hydrogen-bond acceptors (Lipinski definition) is 6. The first-order valence-corrected chi connectivity index (χ1v) is 11.8. The van der Waals surface area contributed by atoms with Crippen LogP contribution in [0.15, 0.2) is 47.4 Å². The first-order chi connectivity index (χ1) is 15.3. The van der Waals surface area contributed by atoms with Crippen LogP contribution >= 0.6 is 0 Å². The Morgan fingerprint density at radius 3 is 2.56 bits per heavy atom. The quantitative estimate of drug-likeness (QED) is 0.586. The Balaban J connectivity index is 1.84. The molecule has 32 heavy (non-hydrogen) atoms. The lowest BCUT2D eigenvalue weighted by atomic mass is 10.1. The Kier molecular flexibility index (Phi) is 7.84. The molecule has 0 atom stereocenters. The van der Waals surface area contributed by atoms with E-state index in [1.807, 2.05) is 6.92 Å². The van der Waals surface area contributed by atoms with Crippen LogP contribution in [0, 0.1) is 0 Å². The second kappa shape index (κ2) is 10.6. The highest BCUT2D eigenvalue weighted by molar-refractivity contribution is 7.89. The van der Waals surface area contributed by atoms with Crippen molar-refractivity contribution in [3.63, 3.8) is 0 Å². The third-order valence-corrected chi connectivity index (χ3v) is 7.02. The number of nitrogens with zero attached hydrogens (tertiary/aromatic N) is 1. The molecule has 0 bridgehead atoms. The summed E-state index contributed by atoms with van der Waals surface area (Å²) in [4.78, 5) is 24.0. The van der Waals surface area contributed by atoms with E-state index in [4.69, 9.17) is 15.2 Å². The Labute approximate surface area is 187 Å².